The number of anilines is 2. The van der Waals surface area contributed by atoms with E-state index in [4.69, 9.17) is 16.3 Å². The molecule has 150 valence electrons. The van der Waals surface area contributed by atoms with Gasteiger partial charge in [0.1, 0.15) is 11.4 Å². The zero-order chi connectivity index (χ0) is 20.8. The molecule has 0 aliphatic heterocycles. The highest BCUT2D eigenvalue weighted by Crippen LogP contribution is 2.31. The molecular formula is C21H20ClN3O3S. The van der Waals surface area contributed by atoms with Crippen LogP contribution in [-0.4, -0.2) is 23.9 Å². The number of amides is 2. The van der Waals surface area contributed by atoms with Gasteiger partial charge < -0.3 is 15.4 Å². The van der Waals surface area contributed by atoms with Crippen molar-refractivity contribution in [2.45, 2.75) is 19.8 Å². The van der Waals surface area contributed by atoms with E-state index in [1.165, 1.54) is 18.4 Å². The quantitative estimate of drug-likeness (QED) is 0.557. The van der Waals surface area contributed by atoms with Crippen LogP contribution in [0.15, 0.2) is 47.8 Å². The summed E-state index contributed by atoms with van der Waals surface area (Å²) in [5.74, 6) is -0.0881. The van der Waals surface area contributed by atoms with Crippen LogP contribution in [0.3, 0.4) is 0 Å². The lowest BCUT2D eigenvalue weighted by Gasteiger charge is -2.11. The highest BCUT2D eigenvalue weighted by atomic mass is 35.5. The van der Waals surface area contributed by atoms with Crippen molar-refractivity contribution in [3.63, 3.8) is 0 Å². The molecule has 0 spiro atoms. The molecule has 0 atom stereocenters. The summed E-state index contributed by atoms with van der Waals surface area (Å²) in [5, 5.41) is 8.03. The van der Waals surface area contributed by atoms with Gasteiger partial charge in [-0.3, -0.25) is 9.59 Å². The lowest BCUT2D eigenvalue weighted by atomic mass is 10.1. The predicted octanol–water partition coefficient (Wildman–Crippen LogP) is 4.94. The minimum absolute atomic E-state index is 0.148. The maximum absolute atomic E-state index is 12.5. The molecule has 0 radical (unpaired) electrons. The molecule has 2 N–H and O–H groups in total. The predicted molar refractivity (Wildman–Crippen MR) is 116 cm³/mol. The van der Waals surface area contributed by atoms with Gasteiger partial charge in [0.05, 0.1) is 12.8 Å². The summed E-state index contributed by atoms with van der Waals surface area (Å²) in [7, 11) is 1.50. The van der Waals surface area contributed by atoms with Crippen LogP contribution in [0.1, 0.15) is 28.0 Å². The van der Waals surface area contributed by atoms with Gasteiger partial charge in [-0.05, 0) is 30.5 Å². The van der Waals surface area contributed by atoms with Crippen molar-refractivity contribution >= 4 is 45.6 Å². The van der Waals surface area contributed by atoms with E-state index in [9.17, 15) is 9.59 Å². The smallest absolute Gasteiger partial charge is 0.275 e. The molecule has 0 aliphatic rings. The topological polar surface area (TPSA) is 80.3 Å². The summed E-state index contributed by atoms with van der Waals surface area (Å²) in [4.78, 5) is 28.9. The maximum Gasteiger partial charge on any atom is 0.275 e. The van der Waals surface area contributed by atoms with Crippen molar-refractivity contribution in [2.24, 2.45) is 0 Å². The molecule has 2 aromatic carbocycles. The molecule has 8 heteroatoms. The number of carbonyl (C=O) groups excluding carboxylic acids is 2. The largest absolute Gasteiger partial charge is 0.495 e. The number of hydrogen-bond acceptors (Lipinski definition) is 5. The second-order valence-corrected chi connectivity index (χ2v) is 7.59. The molecule has 6 nitrogen and oxygen atoms in total. The van der Waals surface area contributed by atoms with Crippen molar-refractivity contribution in [2.75, 3.05) is 17.7 Å². The Morgan fingerprint density at radius 2 is 1.93 bits per heavy atom. The number of hydrogen-bond donors (Lipinski definition) is 2. The van der Waals surface area contributed by atoms with Gasteiger partial charge in [0.15, 0.2) is 5.13 Å². The summed E-state index contributed by atoms with van der Waals surface area (Å²) in [5.41, 5.74) is 2.62. The maximum atomic E-state index is 12.5. The first kappa shape index (κ1) is 20.8. The van der Waals surface area contributed by atoms with Gasteiger partial charge in [-0.25, -0.2) is 4.98 Å². The molecule has 0 aliphatic carbocycles. The van der Waals surface area contributed by atoms with Crippen LogP contribution in [0.4, 0.5) is 10.8 Å². The fraction of sp³-hybridized carbons (Fsp3) is 0.190. The zero-order valence-electron chi connectivity index (χ0n) is 16.0. The van der Waals surface area contributed by atoms with Crippen LogP contribution >= 0.6 is 22.9 Å². The molecule has 29 heavy (non-hydrogen) atoms. The molecule has 3 aromatic rings. The fourth-order valence-corrected chi connectivity index (χ4v) is 3.50. The van der Waals surface area contributed by atoms with E-state index in [1.54, 1.807) is 17.5 Å². The number of rotatable bonds is 7. The number of halogens is 1. The number of carbonyl (C=O) groups is 2. The molecule has 1 heterocycles. The van der Waals surface area contributed by atoms with E-state index in [0.29, 0.717) is 34.4 Å². The third-order valence-corrected chi connectivity index (χ3v) is 5.36. The summed E-state index contributed by atoms with van der Waals surface area (Å²) < 4.78 is 5.27. The van der Waals surface area contributed by atoms with Gasteiger partial charge >= 0.3 is 0 Å². The summed E-state index contributed by atoms with van der Waals surface area (Å²) in [6, 6.07) is 13.2. The summed E-state index contributed by atoms with van der Waals surface area (Å²) in [6.45, 7) is 1.84. The first-order valence-corrected chi connectivity index (χ1v) is 10.2. The minimum atomic E-state index is -0.397. The van der Waals surface area contributed by atoms with Crippen molar-refractivity contribution in [3.8, 4) is 5.75 Å². The van der Waals surface area contributed by atoms with Gasteiger partial charge in [-0.2, -0.15) is 0 Å². The van der Waals surface area contributed by atoms with Crippen LogP contribution in [0, 0.1) is 6.92 Å². The number of ether oxygens (including phenoxy) is 1. The van der Waals surface area contributed by atoms with Gasteiger partial charge in [0.2, 0.25) is 5.91 Å². The second-order valence-electron chi connectivity index (χ2n) is 6.33. The second kappa shape index (κ2) is 9.54. The third kappa shape index (κ3) is 5.56. The Balaban J connectivity index is 1.60. The first-order chi connectivity index (χ1) is 14.0. The average Bonchev–Trinajstić information content (AvgIpc) is 3.18. The number of thiazole rings is 1. The van der Waals surface area contributed by atoms with E-state index in [2.05, 4.69) is 15.6 Å². The van der Waals surface area contributed by atoms with E-state index >= 15 is 0 Å². The van der Waals surface area contributed by atoms with Crippen molar-refractivity contribution in [3.05, 3.63) is 69.7 Å². The van der Waals surface area contributed by atoms with Gasteiger partial charge in [0.25, 0.3) is 5.91 Å². The Labute approximate surface area is 177 Å². The van der Waals surface area contributed by atoms with Crippen LogP contribution in [0.2, 0.25) is 5.02 Å². The van der Waals surface area contributed by atoms with Gasteiger partial charge in [-0.1, -0.05) is 41.9 Å². The lowest BCUT2D eigenvalue weighted by Crippen LogP contribution is -2.15. The third-order valence-electron chi connectivity index (χ3n) is 4.20. The molecule has 0 saturated heterocycles. The molecule has 0 fully saturated rings. The molecule has 0 unspecified atom stereocenters. The van der Waals surface area contributed by atoms with Crippen molar-refractivity contribution in [1.82, 2.24) is 4.98 Å². The molecule has 0 bridgehead atoms. The SMILES string of the molecule is COc1cc(Cl)c(C)cc1NC(=O)c1csc(NC(=O)CCc2ccccc2)n1. The summed E-state index contributed by atoms with van der Waals surface area (Å²) in [6.07, 6.45) is 0.980. The van der Waals surface area contributed by atoms with E-state index in [0.717, 1.165) is 11.1 Å². The average molecular weight is 430 g/mol. The van der Waals surface area contributed by atoms with E-state index in [-0.39, 0.29) is 11.6 Å². The minimum Gasteiger partial charge on any atom is -0.495 e. The Morgan fingerprint density at radius 3 is 2.66 bits per heavy atom. The monoisotopic (exact) mass is 429 g/mol. The number of nitrogens with zero attached hydrogens (tertiary/aromatic N) is 1. The van der Waals surface area contributed by atoms with Crippen LogP contribution < -0.4 is 15.4 Å². The Kier molecular flexibility index (Phi) is 6.85. The number of aryl methyl sites for hydroxylation is 2. The van der Waals surface area contributed by atoms with Crippen molar-refractivity contribution < 1.29 is 14.3 Å². The van der Waals surface area contributed by atoms with E-state index < -0.39 is 5.91 Å². The van der Waals surface area contributed by atoms with Gasteiger partial charge in [-0.15, -0.1) is 11.3 Å². The van der Waals surface area contributed by atoms with Crippen LogP contribution in [0.5, 0.6) is 5.75 Å². The molecule has 2 amide bonds. The Hall–Kier alpha value is -2.90. The van der Waals surface area contributed by atoms with Crippen molar-refractivity contribution in [1.29, 1.82) is 0 Å². The normalized spacial score (nSPS) is 10.4. The van der Waals surface area contributed by atoms with Crippen LogP contribution in [-0.2, 0) is 11.2 Å². The number of nitrogens with one attached hydrogen (secondary N) is 2. The number of benzene rings is 2. The fourth-order valence-electron chi connectivity index (χ4n) is 2.64. The number of aromatic nitrogens is 1. The Bertz CT molecular complexity index is 1020. The summed E-state index contributed by atoms with van der Waals surface area (Å²) >= 11 is 7.29. The lowest BCUT2D eigenvalue weighted by molar-refractivity contribution is -0.116. The molecule has 3 rings (SSSR count). The van der Waals surface area contributed by atoms with E-state index in [1.807, 2.05) is 37.3 Å². The molecule has 1 aromatic heterocycles. The molecular weight excluding hydrogens is 410 g/mol. The van der Waals surface area contributed by atoms with Crippen LogP contribution in [0.25, 0.3) is 0 Å². The zero-order valence-corrected chi connectivity index (χ0v) is 17.6. The number of methoxy groups -OCH3 is 1. The highest BCUT2D eigenvalue weighted by molar-refractivity contribution is 7.14. The first-order valence-electron chi connectivity index (χ1n) is 8.91. The standard InChI is InChI=1S/C21H20ClN3O3S/c1-13-10-16(18(28-2)11-15(13)22)23-20(27)17-12-29-21(24-17)25-19(26)9-8-14-6-4-3-5-7-14/h3-7,10-12H,8-9H2,1-2H3,(H,23,27)(H,24,25,26). The molecule has 0 saturated carbocycles. The Morgan fingerprint density at radius 1 is 1.17 bits per heavy atom. The van der Waals surface area contributed by atoms with Gasteiger partial charge in [0, 0.05) is 22.9 Å². The highest BCUT2D eigenvalue weighted by Gasteiger charge is 2.15.